The van der Waals surface area contributed by atoms with E-state index < -0.39 is 5.91 Å². The SMILES string of the molecule is Cc1ccc(Sc2cc(C(N)=O)c(N)cn2)c(C)c1. The third kappa shape index (κ3) is 3.06. The van der Waals surface area contributed by atoms with E-state index >= 15 is 0 Å². The first-order valence-electron chi connectivity index (χ1n) is 5.78. The molecule has 0 spiro atoms. The number of hydrogen-bond acceptors (Lipinski definition) is 4. The zero-order valence-corrected chi connectivity index (χ0v) is 11.6. The van der Waals surface area contributed by atoms with E-state index in [1.165, 1.54) is 29.1 Å². The molecule has 0 aliphatic carbocycles. The van der Waals surface area contributed by atoms with Gasteiger partial charge in [-0.2, -0.15) is 0 Å². The van der Waals surface area contributed by atoms with Gasteiger partial charge in [0.15, 0.2) is 0 Å². The highest BCUT2D eigenvalue weighted by atomic mass is 32.2. The van der Waals surface area contributed by atoms with E-state index in [0.29, 0.717) is 16.3 Å². The predicted molar refractivity (Wildman–Crippen MR) is 77.2 cm³/mol. The van der Waals surface area contributed by atoms with Gasteiger partial charge in [-0.05, 0) is 31.5 Å². The summed E-state index contributed by atoms with van der Waals surface area (Å²) in [5.41, 5.74) is 13.9. The van der Waals surface area contributed by atoms with Gasteiger partial charge in [0, 0.05) is 4.90 Å². The van der Waals surface area contributed by atoms with Gasteiger partial charge in [-0.3, -0.25) is 4.79 Å². The number of carbonyl (C=O) groups excluding carboxylic acids is 1. The number of anilines is 1. The van der Waals surface area contributed by atoms with E-state index in [-0.39, 0.29) is 0 Å². The Hall–Kier alpha value is -2.01. The topological polar surface area (TPSA) is 82.0 Å². The van der Waals surface area contributed by atoms with E-state index in [2.05, 4.69) is 11.1 Å². The highest BCUT2D eigenvalue weighted by molar-refractivity contribution is 7.99. The molecule has 0 fully saturated rings. The maximum Gasteiger partial charge on any atom is 0.250 e. The number of hydrogen-bond donors (Lipinski definition) is 2. The Bertz CT molecular complexity index is 641. The first kappa shape index (κ1) is 13.4. The number of nitrogens with two attached hydrogens (primary N) is 2. The second-order valence-electron chi connectivity index (χ2n) is 4.35. The number of aryl methyl sites for hydroxylation is 2. The number of pyridine rings is 1. The van der Waals surface area contributed by atoms with Crippen molar-refractivity contribution >= 4 is 23.4 Å². The number of nitrogens with zero attached hydrogens (tertiary/aromatic N) is 1. The Morgan fingerprint density at radius 2 is 2.00 bits per heavy atom. The van der Waals surface area contributed by atoms with Crippen LogP contribution >= 0.6 is 11.8 Å². The van der Waals surface area contributed by atoms with E-state index in [1.807, 2.05) is 26.0 Å². The molecule has 1 heterocycles. The fourth-order valence-electron chi connectivity index (χ4n) is 1.74. The summed E-state index contributed by atoms with van der Waals surface area (Å²) in [6.45, 7) is 4.09. The normalized spacial score (nSPS) is 10.4. The second kappa shape index (κ2) is 5.32. The number of aromatic nitrogens is 1. The summed E-state index contributed by atoms with van der Waals surface area (Å²) in [6.07, 6.45) is 1.46. The van der Waals surface area contributed by atoms with Crippen molar-refractivity contribution in [1.29, 1.82) is 0 Å². The molecule has 0 radical (unpaired) electrons. The molecule has 0 unspecified atom stereocenters. The zero-order chi connectivity index (χ0) is 14.0. The summed E-state index contributed by atoms with van der Waals surface area (Å²) in [7, 11) is 0. The summed E-state index contributed by atoms with van der Waals surface area (Å²) in [5, 5.41) is 0.704. The van der Waals surface area contributed by atoms with Crippen LogP contribution in [0.2, 0.25) is 0 Å². The van der Waals surface area contributed by atoms with Crippen molar-refractivity contribution in [3.8, 4) is 0 Å². The molecule has 0 bridgehead atoms. The molecule has 98 valence electrons. The van der Waals surface area contributed by atoms with Gasteiger partial charge in [0.25, 0.3) is 5.91 Å². The molecule has 0 saturated carbocycles. The summed E-state index contributed by atoms with van der Waals surface area (Å²) >= 11 is 1.49. The summed E-state index contributed by atoms with van der Waals surface area (Å²) in [5.74, 6) is -0.539. The minimum Gasteiger partial charge on any atom is -0.397 e. The molecule has 1 aromatic carbocycles. The van der Waals surface area contributed by atoms with Crippen LogP contribution in [0.5, 0.6) is 0 Å². The Balaban J connectivity index is 2.33. The fourth-order valence-corrected chi connectivity index (χ4v) is 2.61. The van der Waals surface area contributed by atoms with Crippen molar-refractivity contribution in [3.63, 3.8) is 0 Å². The number of nitrogen functional groups attached to an aromatic ring is 1. The van der Waals surface area contributed by atoms with Crippen molar-refractivity contribution in [3.05, 3.63) is 47.2 Å². The minimum atomic E-state index is -0.539. The van der Waals surface area contributed by atoms with Crippen molar-refractivity contribution in [2.75, 3.05) is 5.73 Å². The molecular formula is C14H15N3OS. The van der Waals surface area contributed by atoms with Crippen LogP contribution < -0.4 is 11.5 Å². The Labute approximate surface area is 116 Å². The second-order valence-corrected chi connectivity index (χ2v) is 5.41. The molecule has 0 atom stereocenters. The quantitative estimate of drug-likeness (QED) is 0.900. The molecule has 19 heavy (non-hydrogen) atoms. The van der Waals surface area contributed by atoms with Crippen LogP contribution in [-0.4, -0.2) is 10.9 Å². The standard InChI is InChI=1S/C14H15N3OS/c1-8-3-4-12(9(2)5-8)19-13-6-10(14(16)18)11(15)7-17-13/h3-7H,15H2,1-2H3,(H2,16,18). The van der Waals surface area contributed by atoms with Gasteiger partial charge < -0.3 is 11.5 Å². The Morgan fingerprint density at radius 3 is 2.63 bits per heavy atom. The highest BCUT2D eigenvalue weighted by Crippen LogP contribution is 2.30. The summed E-state index contributed by atoms with van der Waals surface area (Å²) in [4.78, 5) is 16.5. The van der Waals surface area contributed by atoms with Crippen LogP contribution in [-0.2, 0) is 0 Å². The Kier molecular flexibility index (Phi) is 3.76. The Morgan fingerprint density at radius 1 is 1.26 bits per heavy atom. The van der Waals surface area contributed by atoms with Crippen molar-refractivity contribution in [2.24, 2.45) is 5.73 Å². The van der Waals surface area contributed by atoms with Gasteiger partial charge >= 0.3 is 0 Å². The molecular weight excluding hydrogens is 258 g/mol. The molecule has 2 rings (SSSR count). The molecule has 2 aromatic rings. The number of primary amides is 1. The molecule has 1 aromatic heterocycles. The third-order valence-corrected chi connectivity index (χ3v) is 3.83. The molecule has 5 heteroatoms. The highest BCUT2D eigenvalue weighted by Gasteiger charge is 2.09. The smallest absolute Gasteiger partial charge is 0.250 e. The van der Waals surface area contributed by atoms with Gasteiger partial charge in [0.2, 0.25) is 0 Å². The van der Waals surface area contributed by atoms with E-state index in [0.717, 1.165) is 4.90 Å². The van der Waals surface area contributed by atoms with E-state index in [9.17, 15) is 4.79 Å². The van der Waals surface area contributed by atoms with Crippen LogP contribution in [0.25, 0.3) is 0 Å². The summed E-state index contributed by atoms with van der Waals surface area (Å²) in [6, 6.07) is 7.81. The van der Waals surface area contributed by atoms with Gasteiger partial charge in [0.05, 0.1) is 17.4 Å². The number of rotatable bonds is 3. The van der Waals surface area contributed by atoms with E-state index in [1.54, 1.807) is 6.07 Å². The summed E-state index contributed by atoms with van der Waals surface area (Å²) < 4.78 is 0. The minimum absolute atomic E-state index is 0.303. The lowest BCUT2D eigenvalue weighted by atomic mass is 10.2. The molecule has 4 nitrogen and oxygen atoms in total. The van der Waals surface area contributed by atoms with Crippen LogP contribution in [0.4, 0.5) is 5.69 Å². The van der Waals surface area contributed by atoms with Crippen molar-refractivity contribution in [2.45, 2.75) is 23.8 Å². The van der Waals surface area contributed by atoms with Crippen LogP contribution in [0.3, 0.4) is 0 Å². The van der Waals surface area contributed by atoms with Crippen LogP contribution in [0.1, 0.15) is 21.5 Å². The van der Waals surface area contributed by atoms with E-state index in [4.69, 9.17) is 11.5 Å². The first-order chi connectivity index (χ1) is 8.97. The largest absolute Gasteiger partial charge is 0.397 e. The van der Waals surface area contributed by atoms with Crippen molar-refractivity contribution < 1.29 is 4.79 Å². The lowest BCUT2D eigenvalue weighted by Gasteiger charge is -2.07. The fraction of sp³-hybridized carbons (Fsp3) is 0.143. The molecule has 0 aliphatic heterocycles. The van der Waals surface area contributed by atoms with Crippen molar-refractivity contribution in [1.82, 2.24) is 4.98 Å². The average Bonchev–Trinajstić information content (AvgIpc) is 2.34. The van der Waals surface area contributed by atoms with Crippen LogP contribution in [0, 0.1) is 13.8 Å². The average molecular weight is 273 g/mol. The van der Waals surface area contributed by atoms with Gasteiger partial charge in [-0.1, -0.05) is 29.5 Å². The molecule has 0 aliphatic rings. The zero-order valence-electron chi connectivity index (χ0n) is 10.8. The third-order valence-electron chi connectivity index (χ3n) is 2.72. The maximum absolute atomic E-state index is 11.2. The van der Waals surface area contributed by atoms with Gasteiger partial charge in [-0.15, -0.1) is 0 Å². The maximum atomic E-state index is 11.2. The van der Waals surface area contributed by atoms with Gasteiger partial charge in [-0.25, -0.2) is 4.98 Å². The molecule has 4 N–H and O–H groups in total. The number of benzene rings is 1. The lowest BCUT2D eigenvalue weighted by Crippen LogP contribution is -2.13. The first-order valence-corrected chi connectivity index (χ1v) is 6.59. The number of amides is 1. The predicted octanol–water partition coefficient (Wildman–Crippen LogP) is 2.53. The monoisotopic (exact) mass is 273 g/mol. The number of carbonyl (C=O) groups is 1. The molecule has 0 saturated heterocycles. The van der Waals surface area contributed by atoms with Gasteiger partial charge in [0.1, 0.15) is 5.03 Å². The van der Waals surface area contributed by atoms with Crippen LogP contribution in [0.15, 0.2) is 40.4 Å². The molecule has 1 amide bonds. The lowest BCUT2D eigenvalue weighted by molar-refractivity contribution is 0.100.